The summed E-state index contributed by atoms with van der Waals surface area (Å²) in [5.41, 5.74) is 7.17. The van der Waals surface area contributed by atoms with Crippen LogP contribution in [0.15, 0.2) is 30.3 Å². The molecule has 0 bridgehead atoms. The molecule has 0 spiro atoms. The molecule has 1 saturated heterocycles. The first-order valence-electron chi connectivity index (χ1n) is 7.86. The highest BCUT2D eigenvalue weighted by atomic mass is 16.5. The van der Waals surface area contributed by atoms with Crippen LogP contribution in [0.3, 0.4) is 0 Å². The smallest absolute Gasteiger partial charge is 0.248 e. The van der Waals surface area contributed by atoms with Gasteiger partial charge in [0.05, 0.1) is 0 Å². The van der Waals surface area contributed by atoms with Crippen molar-refractivity contribution in [2.24, 2.45) is 11.7 Å². The van der Waals surface area contributed by atoms with Crippen LogP contribution < -0.4 is 5.73 Å². The Balaban J connectivity index is 1.91. The molecule has 0 saturated carbocycles. The Morgan fingerprint density at radius 3 is 2.76 bits per heavy atom. The number of ether oxygens (including phenoxy) is 1. The Bertz CT molecular complexity index is 436. The SMILES string of the molecule is CCCCOCC(=O)N1C[C@@H](CN)[C@H](c2ccccc2)C1. The van der Waals surface area contributed by atoms with Gasteiger partial charge in [-0.1, -0.05) is 43.7 Å². The molecule has 4 nitrogen and oxygen atoms in total. The highest BCUT2D eigenvalue weighted by Gasteiger charge is 2.34. The zero-order chi connectivity index (χ0) is 15.1. The average molecular weight is 290 g/mol. The van der Waals surface area contributed by atoms with Crippen molar-refractivity contribution in [3.63, 3.8) is 0 Å². The molecule has 2 N–H and O–H groups in total. The Morgan fingerprint density at radius 2 is 2.10 bits per heavy atom. The number of benzene rings is 1. The van der Waals surface area contributed by atoms with Gasteiger partial charge in [0, 0.05) is 25.6 Å². The maximum atomic E-state index is 12.2. The Kier molecular flexibility index (Phi) is 6.21. The molecule has 116 valence electrons. The predicted molar refractivity (Wildman–Crippen MR) is 84.0 cm³/mol. The molecular weight excluding hydrogens is 264 g/mol. The molecule has 0 unspecified atom stereocenters. The van der Waals surface area contributed by atoms with Crippen molar-refractivity contribution in [2.45, 2.75) is 25.7 Å². The van der Waals surface area contributed by atoms with Gasteiger partial charge in [0.25, 0.3) is 0 Å². The van der Waals surface area contributed by atoms with Gasteiger partial charge in [-0.25, -0.2) is 0 Å². The van der Waals surface area contributed by atoms with E-state index in [1.165, 1.54) is 5.56 Å². The summed E-state index contributed by atoms with van der Waals surface area (Å²) in [4.78, 5) is 14.1. The number of carbonyl (C=O) groups excluding carboxylic acids is 1. The van der Waals surface area contributed by atoms with Crippen LogP contribution in [-0.4, -0.2) is 43.7 Å². The molecule has 1 aromatic carbocycles. The van der Waals surface area contributed by atoms with E-state index in [0.29, 0.717) is 25.0 Å². The van der Waals surface area contributed by atoms with Gasteiger partial charge in [-0.3, -0.25) is 4.79 Å². The lowest BCUT2D eigenvalue weighted by molar-refractivity contribution is -0.135. The first-order valence-corrected chi connectivity index (χ1v) is 7.86. The van der Waals surface area contributed by atoms with Crippen molar-refractivity contribution in [2.75, 3.05) is 32.8 Å². The number of nitrogens with two attached hydrogens (primary N) is 1. The normalized spacial score (nSPS) is 21.7. The minimum absolute atomic E-state index is 0.0861. The summed E-state index contributed by atoms with van der Waals surface area (Å²) in [6.07, 6.45) is 2.09. The van der Waals surface area contributed by atoms with E-state index in [9.17, 15) is 4.79 Å². The van der Waals surface area contributed by atoms with Gasteiger partial charge in [-0.05, 0) is 24.4 Å². The molecule has 4 heteroatoms. The average Bonchev–Trinajstić information content (AvgIpc) is 2.96. The second-order valence-electron chi connectivity index (χ2n) is 5.72. The number of hydrogen-bond donors (Lipinski definition) is 1. The van der Waals surface area contributed by atoms with Gasteiger partial charge in [-0.15, -0.1) is 0 Å². The van der Waals surface area contributed by atoms with Crippen LogP contribution in [0.25, 0.3) is 0 Å². The van der Waals surface area contributed by atoms with Crippen LogP contribution in [0, 0.1) is 5.92 Å². The van der Waals surface area contributed by atoms with E-state index in [4.69, 9.17) is 10.5 Å². The van der Waals surface area contributed by atoms with E-state index in [0.717, 1.165) is 25.9 Å². The summed E-state index contributed by atoms with van der Waals surface area (Å²) >= 11 is 0. The third kappa shape index (κ3) is 4.29. The second kappa shape index (κ2) is 8.15. The van der Waals surface area contributed by atoms with Crippen molar-refractivity contribution in [1.82, 2.24) is 4.90 Å². The highest BCUT2D eigenvalue weighted by Crippen LogP contribution is 2.31. The fourth-order valence-corrected chi connectivity index (χ4v) is 2.89. The standard InChI is InChI=1S/C17H26N2O2/c1-2-3-9-21-13-17(20)19-11-15(10-18)16(12-19)14-7-5-4-6-8-14/h4-8,15-16H,2-3,9-13,18H2,1H3/t15-,16+/m1/s1. The Hall–Kier alpha value is -1.39. The van der Waals surface area contributed by atoms with E-state index in [1.54, 1.807) is 0 Å². The molecule has 21 heavy (non-hydrogen) atoms. The van der Waals surface area contributed by atoms with Crippen LogP contribution in [0.2, 0.25) is 0 Å². The van der Waals surface area contributed by atoms with Crippen LogP contribution in [0.1, 0.15) is 31.2 Å². The molecule has 0 aliphatic carbocycles. The minimum Gasteiger partial charge on any atom is -0.372 e. The molecule has 1 aromatic rings. The maximum absolute atomic E-state index is 12.2. The van der Waals surface area contributed by atoms with Crippen molar-refractivity contribution in [3.8, 4) is 0 Å². The number of hydrogen-bond acceptors (Lipinski definition) is 3. The fourth-order valence-electron chi connectivity index (χ4n) is 2.89. The number of rotatable bonds is 7. The predicted octanol–water partition coefficient (Wildman–Crippen LogP) is 2.00. The van der Waals surface area contributed by atoms with Gasteiger partial charge >= 0.3 is 0 Å². The Morgan fingerprint density at radius 1 is 1.33 bits per heavy atom. The topological polar surface area (TPSA) is 55.6 Å². The molecule has 1 aliphatic rings. The molecule has 0 aromatic heterocycles. The number of likely N-dealkylation sites (tertiary alicyclic amines) is 1. The van der Waals surface area contributed by atoms with E-state index in [-0.39, 0.29) is 12.5 Å². The number of amides is 1. The van der Waals surface area contributed by atoms with Gasteiger partial charge in [0.1, 0.15) is 6.61 Å². The molecule has 1 aliphatic heterocycles. The second-order valence-corrected chi connectivity index (χ2v) is 5.72. The van der Waals surface area contributed by atoms with Crippen LogP contribution in [0.5, 0.6) is 0 Å². The summed E-state index contributed by atoms with van der Waals surface area (Å²) in [6.45, 7) is 5.08. The maximum Gasteiger partial charge on any atom is 0.248 e. The van der Waals surface area contributed by atoms with Crippen LogP contribution in [0.4, 0.5) is 0 Å². The third-order valence-electron chi connectivity index (χ3n) is 4.19. The molecule has 1 fully saturated rings. The highest BCUT2D eigenvalue weighted by molar-refractivity contribution is 5.78. The van der Waals surface area contributed by atoms with Crippen molar-refractivity contribution in [1.29, 1.82) is 0 Å². The van der Waals surface area contributed by atoms with E-state index in [2.05, 4.69) is 19.1 Å². The number of nitrogens with zero attached hydrogens (tertiary/aromatic N) is 1. The lowest BCUT2D eigenvalue weighted by atomic mass is 9.89. The van der Waals surface area contributed by atoms with Gasteiger partial charge in [0.15, 0.2) is 0 Å². The Labute approximate surface area is 127 Å². The summed E-state index contributed by atoms with van der Waals surface area (Å²) in [7, 11) is 0. The van der Waals surface area contributed by atoms with Crippen molar-refractivity contribution >= 4 is 5.91 Å². The summed E-state index contributed by atoms with van der Waals surface area (Å²) < 4.78 is 5.44. The van der Waals surface area contributed by atoms with E-state index >= 15 is 0 Å². The summed E-state index contributed by atoms with van der Waals surface area (Å²) in [5.74, 6) is 0.769. The first kappa shape index (κ1) is 16.0. The van der Waals surface area contributed by atoms with Crippen LogP contribution >= 0.6 is 0 Å². The van der Waals surface area contributed by atoms with Crippen LogP contribution in [-0.2, 0) is 9.53 Å². The first-order chi connectivity index (χ1) is 10.3. The van der Waals surface area contributed by atoms with Gasteiger partial charge < -0.3 is 15.4 Å². The molecule has 1 heterocycles. The third-order valence-corrected chi connectivity index (χ3v) is 4.19. The monoisotopic (exact) mass is 290 g/mol. The van der Waals surface area contributed by atoms with E-state index < -0.39 is 0 Å². The molecule has 2 rings (SSSR count). The molecule has 1 amide bonds. The number of unbranched alkanes of at least 4 members (excludes halogenated alkanes) is 1. The van der Waals surface area contributed by atoms with Crippen molar-refractivity contribution in [3.05, 3.63) is 35.9 Å². The summed E-state index contributed by atoms with van der Waals surface area (Å²) in [5, 5.41) is 0. The van der Waals surface area contributed by atoms with E-state index in [1.807, 2.05) is 23.1 Å². The fraction of sp³-hybridized carbons (Fsp3) is 0.588. The summed E-state index contributed by atoms with van der Waals surface area (Å²) in [6, 6.07) is 10.3. The quantitative estimate of drug-likeness (QED) is 0.782. The molecular formula is C17H26N2O2. The lowest BCUT2D eigenvalue weighted by Gasteiger charge is -2.17. The number of carbonyl (C=O) groups is 1. The molecule has 0 radical (unpaired) electrons. The van der Waals surface area contributed by atoms with Gasteiger partial charge in [0.2, 0.25) is 5.91 Å². The largest absolute Gasteiger partial charge is 0.372 e. The zero-order valence-corrected chi connectivity index (χ0v) is 12.8. The molecule has 2 atom stereocenters. The van der Waals surface area contributed by atoms with Crippen molar-refractivity contribution < 1.29 is 9.53 Å². The lowest BCUT2D eigenvalue weighted by Crippen LogP contribution is -2.33. The van der Waals surface area contributed by atoms with Gasteiger partial charge in [-0.2, -0.15) is 0 Å². The zero-order valence-electron chi connectivity index (χ0n) is 12.8. The minimum atomic E-state index is 0.0861.